The molecule has 1 aliphatic rings. The van der Waals surface area contributed by atoms with E-state index in [2.05, 4.69) is 5.32 Å². The van der Waals surface area contributed by atoms with Crippen LogP contribution >= 0.6 is 0 Å². The van der Waals surface area contributed by atoms with Gasteiger partial charge in [0.1, 0.15) is 12.1 Å². The van der Waals surface area contributed by atoms with Crippen molar-refractivity contribution in [2.75, 3.05) is 34.4 Å². The van der Waals surface area contributed by atoms with Gasteiger partial charge in [-0.25, -0.2) is 8.42 Å². The predicted octanol–water partition coefficient (Wildman–Crippen LogP) is 2.76. The Morgan fingerprint density at radius 3 is 2.27 bits per heavy atom. The number of amides is 1. The molecule has 1 saturated heterocycles. The van der Waals surface area contributed by atoms with E-state index in [-0.39, 0.29) is 24.4 Å². The number of rotatable bonds is 11. The van der Waals surface area contributed by atoms with Crippen molar-refractivity contribution in [2.24, 2.45) is 0 Å². The molecule has 0 bridgehead atoms. The Hall–Kier alpha value is -3.31. The van der Waals surface area contributed by atoms with Crippen LogP contribution in [0.2, 0.25) is 0 Å². The Labute approximate surface area is 217 Å². The highest BCUT2D eigenvalue weighted by Gasteiger charge is 2.38. The molecule has 1 N–H and O–H groups in total. The summed E-state index contributed by atoms with van der Waals surface area (Å²) >= 11 is 0. The molecule has 0 aliphatic carbocycles. The smallest absolute Gasteiger partial charge is 0.324 e. The van der Waals surface area contributed by atoms with Crippen molar-refractivity contribution in [3.05, 3.63) is 53.6 Å². The van der Waals surface area contributed by atoms with Gasteiger partial charge in [-0.1, -0.05) is 30.3 Å². The lowest BCUT2D eigenvalue weighted by atomic mass is 10.1. The molecular formula is C26H34N2O8S. The highest BCUT2D eigenvalue weighted by atomic mass is 32.2. The Morgan fingerprint density at radius 1 is 1.03 bits per heavy atom. The zero-order valence-electron chi connectivity index (χ0n) is 21.6. The quantitative estimate of drug-likeness (QED) is 0.437. The molecule has 1 heterocycles. The second kappa shape index (κ2) is 12.8. The van der Waals surface area contributed by atoms with E-state index >= 15 is 0 Å². The molecule has 37 heavy (non-hydrogen) atoms. The highest BCUT2D eigenvalue weighted by molar-refractivity contribution is 7.88. The van der Waals surface area contributed by atoms with Crippen LogP contribution in [0.15, 0.2) is 42.5 Å². The van der Waals surface area contributed by atoms with Crippen LogP contribution in [0.3, 0.4) is 0 Å². The molecule has 0 aromatic heterocycles. The normalized spacial score (nSPS) is 16.9. The molecule has 1 amide bonds. The highest BCUT2D eigenvalue weighted by Crippen LogP contribution is 2.38. The minimum absolute atomic E-state index is 0.0325. The Bertz CT molecular complexity index is 1160. The van der Waals surface area contributed by atoms with E-state index in [1.165, 1.54) is 37.8 Å². The standard InChI is InChI=1S/C26H34N2O8S/c1-18(16-27-25(29)20-14-22(33-2)24(35-4)23(15-20)34-3)36-26(30)21-12-8-9-13-28(21)37(31,32)17-19-10-6-5-7-11-19/h5-7,10-11,14-15,18,21H,8-9,12-13,16-17H2,1-4H3,(H,27,29)/t18-,21-/m0/s1. The van der Waals surface area contributed by atoms with Gasteiger partial charge in [0.2, 0.25) is 15.8 Å². The van der Waals surface area contributed by atoms with E-state index in [1.807, 2.05) is 6.07 Å². The number of carbonyl (C=O) groups is 2. The molecule has 2 aromatic rings. The van der Waals surface area contributed by atoms with E-state index in [0.29, 0.717) is 35.7 Å². The predicted molar refractivity (Wildman–Crippen MR) is 137 cm³/mol. The zero-order valence-corrected chi connectivity index (χ0v) is 22.4. The Morgan fingerprint density at radius 2 is 1.68 bits per heavy atom. The number of carbonyl (C=O) groups excluding carboxylic acids is 2. The minimum atomic E-state index is -3.72. The number of methoxy groups -OCH3 is 3. The summed E-state index contributed by atoms with van der Waals surface area (Å²) in [6, 6.07) is 11.0. The van der Waals surface area contributed by atoms with Crippen LogP contribution in [-0.4, -0.2) is 71.2 Å². The van der Waals surface area contributed by atoms with Gasteiger partial charge in [-0.3, -0.25) is 9.59 Å². The number of hydrogen-bond donors (Lipinski definition) is 1. The number of hydrogen-bond acceptors (Lipinski definition) is 8. The monoisotopic (exact) mass is 534 g/mol. The molecule has 10 nitrogen and oxygen atoms in total. The third kappa shape index (κ3) is 7.14. The summed E-state index contributed by atoms with van der Waals surface area (Å²) < 4.78 is 48.9. The topological polar surface area (TPSA) is 120 Å². The van der Waals surface area contributed by atoms with Crippen LogP contribution in [-0.2, 0) is 25.3 Å². The molecule has 1 fully saturated rings. The van der Waals surface area contributed by atoms with Crippen molar-refractivity contribution >= 4 is 21.9 Å². The zero-order chi connectivity index (χ0) is 27.0. The van der Waals surface area contributed by atoms with Crippen LogP contribution in [0.5, 0.6) is 17.2 Å². The van der Waals surface area contributed by atoms with Crippen LogP contribution < -0.4 is 19.5 Å². The number of piperidine rings is 1. The number of nitrogens with zero attached hydrogens (tertiary/aromatic N) is 1. The maximum absolute atomic E-state index is 13.1. The fourth-order valence-electron chi connectivity index (χ4n) is 4.21. The van der Waals surface area contributed by atoms with Crippen molar-refractivity contribution in [1.82, 2.24) is 9.62 Å². The summed E-state index contributed by atoms with van der Waals surface area (Å²) in [5, 5.41) is 2.72. The first-order chi connectivity index (χ1) is 17.7. The van der Waals surface area contributed by atoms with Crippen molar-refractivity contribution in [2.45, 2.75) is 44.1 Å². The summed E-state index contributed by atoms with van der Waals surface area (Å²) in [7, 11) is 0.657. The van der Waals surface area contributed by atoms with Crippen LogP contribution in [0.4, 0.5) is 0 Å². The first-order valence-electron chi connectivity index (χ1n) is 12.0. The van der Waals surface area contributed by atoms with Gasteiger partial charge in [-0.15, -0.1) is 0 Å². The van der Waals surface area contributed by atoms with Crippen molar-refractivity contribution in [1.29, 1.82) is 0 Å². The van der Waals surface area contributed by atoms with Crippen LogP contribution in [0, 0.1) is 0 Å². The van der Waals surface area contributed by atoms with Crippen molar-refractivity contribution < 1.29 is 37.0 Å². The number of benzene rings is 2. The van der Waals surface area contributed by atoms with Gasteiger partial charge < -0.3 is 24.3 Å². The van der Waals surface area contributed by atoms with Crippen LogP contribution in [0.1, 0.15) is 42.1 Å². The third-order valence-electron chi connectivity index (χ3n) is 6.07. The third-order valence-corrected chi connectivity index (χ3v) is 7.92. The lowest BCUT2D eigenvalue weighted by molar-refractivity contribution is -0.153. The minimum Gasteiger partial charge on any atom is -0.493 e. The second-order valence-electron chi connectivity index (χ2n) is 8.74. The Balaban J connectivity index is 1.62. The lowest BCUT2D eigenvalue weighted by Crippen LogP contribution is -2.50. The molecule has 0 saturated carbocycles. The molecule has 1 aliphatic heterocycles. The van der Waals surface area contributed by atoms with Gasteiger partial charge in [-0.05, 0) is 43.9 Å². The maximum Gasteiger partial charge on any atom is 0.324 e. The molecule has 11 heteroatoms. The number of nitrogens with one attached hydrogen (secondary N) is 1. The second-order valence-corrected chi connectivity index (χ2v) is 10.7. The fraction of sp³-hybridized carbons (Fsp3) is 0.462. The number of ether oxygens (including phenoxy) is 4. The summed E-state index contributed by atoms with van der Waals surface area (Å²) in [4.78, 5) is 25.7. The molecule has 2 atom stereocenters. The molecule has 0 radical (unpaired) electrons. The average Bonchev–Trinajstić information content (AvgIpc) is 2.91. The first kappa shape index (κ1) is 28.3. The first-order valence-corrected chi connectivity index (χ1v) is 13.6. The van der Waals surface area contributed by atoms with E-state index in [1.54, 1.807) is 31.2 Å². The number of esters is 1. The van der Waals surface area contributed by atoms with Crippen molar-refractivity contribution in [3.8, 4) is 17.2 Å². The average molecular weight is 535 g/mol. The largest absolute Gasteiger partial charge is 0.493 e. The molecule has 3 rings (SSSR count). The number of sulfonamides is 1. The lowest BCUT2D eigenvalue weighted by Gasteiger charge is -2.33. The van der Waals surface area contributed by atoms with Gasteiger partial charge in [0.15, 0.2) is 11.5 Å². The molecule has 2 aromatic carbocycles. The van der Waals surface area contributed by atoms with E-state index < -0.39 is 34.0 Å². The fourth-order valence-corrected chi connectivity index (χ4v) is 5.98. The summed E-state index contributed by atoms with van der Waals surface area (Å²) in [5.41, 5.74) is 0.932. The van der Waals surface area contributed by atoms with Gasteiger partial charge in [-0.2, -0.15) is 4.31 Å². The van der Waals surface area contributed by atoms with Crippen molar-refractivity contribution in [3.63, 3.8) is 0 Å². The molecule has 0 spiro atoms. The maximum atomic E-state index is 13.1. The Kier molecular flexibility index (Phi) is 9.76. The SMILES string of the molecule is COc1cc(C(=O)NC[C@H](C)OC(=O)[C@@H]2CCCCN2S(=O)(=O)Cc2ccccc2)cc(OC)c1OC. The van der Waals surface area contributed by atoms with Gasteiger partial charge in [0.25, 0.3) is 5.91 Å². The summed E-state index contributed by atoms with van der Waals surface area (Å²) in [5.74, 6) is -0.195. The van der Waals surface area contributed by atoms with Crippen LogP contribution in [0.25, 0.3) is 0 Å². The summed E-state index contributed by atoms with van der Waals surface area (Å²) in [6.07, 6.45) is 1.11. The van der Waals surface area contributed by atoms with Gasteiger partial charge in [0.05, 0.1) is 33.6 Å². The van der Waals surface area contributed by atoms with E-state index in [4.69, 9.17) is 18.9 Å². The summed E-state index contributed by atoms with van der Waals surface area (Å²) in [6.45, 7) is 1.94. The molecular weight excluding hydrogens is 500 g/mol. The van der Waals surface area contributed by atoms with E-state index in [0.717, 1.165) is 6.42 Å². The molecule has 202 valence electrons. The van der Waals surface area contributed by atoms with Gasteiger partial charge in [0, 0.05) is 12.1 Å². The molecule has 0 unspecified atom stereocenters. The van der Waals surface area contributed by atoms with E-state index in [9.17, 15) is 18.0 Å². The van der Waals surface area contributed by atoms with Gasteiger partial charge >= 0.3 is 5.97 Å².